The molecule has 0 spiro atoms. The molecule has 0 saturated heterocycles. The van der Waals surface area contributed by atoms with Gasteiger partial charge in [0, 0.05) is 6.04 Å². The van der Waals surface area contributed by atoms with Gasteiger partial charge in [-0.25, -0.2) is 13.7 Å². The van der Waals surface area contributed by atoms with Gasteiger partial charge in [0.05, 0.1) is 5.75 Å². The first-order chi connectivity index (χ1) is 5.79. The van der Waals surface area contributed by atoms with Gasteiger partial charge in [-0.1, -0.05) is 27.2 Å². The van der Waals surface area contributed by atoms with Crippen LogP contribution in [0.15, 0.2) is 0 Å². The van der Waals surface area contributed by atoms with Crippen molar-refractivity contribution in [2.45, 2.75) is 46.1 Å². The Morgan fingerprint density at radius 2 is 2.00 bits per heavy atom. The van der Waals surface area contributed by atoms with Crippen LogP contribution in [0.3, 0.4) is 0 Å². The summed E-state index contributed by atoms with van der Waals surface area (Å²) < 4.78 is 22.4. The van der Waals surface area contributed by atoms with E-state index in [0.717, 1.165) is 12.8 Å². The second-order valence-electron chi connectivity index (χ2n) is 5.13. The predicted molar refractivity (Wildman–Crippen MR) is 56.0 cm³/mol. The summed E-state index contributed by atoms with van der Waals surface area (Å²) in [5, 5.41) is 0. The highest BCUT2D eigenvalue weighted by atomic mass is 32.2. The Kier molecular flexibility index (Phi) is 3.02. The molecule has 1 atom stereocenters. The van der Waals surface area contributed by atoms with E-state index < -0.39 is 9.92 Å². The molecule has 3 nitrogen and oxygen atoms in total. The molecule has 13 heavy (non-hydrogen) atoms. The first-order valence-corrected chi connectivity index (χ1v) is 6.55. The van der Waals surface area contributed by atoms with E-state index in [2.05, 4.69) is 4.72 Å². The molecule has 0 aliphatic heterocycles. The van der Waals surface area contributed by atoms with E-state index in [1.165, 1.54) is 6.42 Å². The van der Waals surface area contributed by atoms with E-state index in [1.807, 2.05) is 20.8 Å². The van der Waals surface area contributed by atoms with Crippen LogP contribution in [0.5, 0.6) is 0 Å². The van der Waals surface area contributed by atoms with E-state index in [9.17, 15) is 4.21 Å². The molecular weight excluding hydrogens is 184 g/mol. The third-order valence-electron chi connectivity index (χ3n) is 2.10. The fraction of sp³-hybridized carbons (Fsp3) is 1.00. The van der Waals surface area contributed by atoms with Crippen molar-refractivity contribution in [3.05, 3.63) is 0 Å². The summed E-state index contributed by atoms with van der Waals surface area (Å²) in [4.78, 5) is 0. The second kappa shape index (κ2) is 3.58. The number of rotatable bonds is 3. The molecule has 1 unspecified atom stereocenters. The van der Waals surface area contributed by atoms with Crippen LogP contribution in [0, 0.1) is 10.2 Å². The van der Waals surface area contributed by atoms with Gasteiger partial charge in [-0.05, 0) is 18.3 Å². The molecule has 0 aromatic heterocycles. The molecule has 78 valence electrons. The molecule has 0 bridgehead atoms. The van der Waals surface area contributed by atoms with Crippen LogP contribution < -0.4 is 4.72 Å². The quantitative estimate of drug-likeness (QED) is 0.727. The van der Waals surface area contributed by atoms with Crippen molar-refractivity contribution in [1.82, 2.24) is 4.72 Å². The van der Waals surface area contributed by atoms with Crippen LogP contribution in [0.2, 0.25) is 0 Å². The Balaban J connectivity index is 2.46. The Labute approximate surface area is 81.4 Å². The molecule has 1 rings (SSSR count). The summed E-state index contributed by atoms with van der Waals surface area (Å²) in [6.07, 6.45) is 3.38. The molecule has 0 aromatic rings. The van der Waals surface area contributed by atoms with Crippen molar-refractivity contribution < 1.29 is 4.21 Å². The van der Waals surface area contributed by atoms with Gasteiger partial charge in [0.1, 0.15) is 9.92 Å². The second-order valence-corrected chi connectivity index (χ2v) is 7.00. The Morgan fingerprint density at radius 3 is 2.31 bits per heavy atom. The van der Waals surface area contributed by atoms with Gasteiger partial charge in [-0.15, -0.1) is 0 Å². The molecule has 0 heterocycles. The molecule has 1 aliphatic carbocycles. The average molecular weight is 204 g/mol. The molecule has 1 fully saturated rings. The maximum atomic E-state index is 11.8. The van der Waals surface area contributed by atoms with Gasteiger partial charge < -0.3 is 0 Å². The number of hydrogen-bond acceptors (Lipinski definition) is 2. The van der Waals surface area contributed by atoms with E-state index >= 15 is 0 Å². The SMILES string of the molecule is CC(C)(C)CS(=N)(=O)NC1CCC1. The van der Waals surface area contributed by atoms with Crippen molar-refractivity contribution in [1.29, 1.82) is 4.78 Å². The topological polar surface area (TPSA) is 53.0 Å². The molecule has 4 heteroatoms. The fourth-order valence-electron chi connectivity index (χ4n) is 1.45. The van der Waals surface area contributed by atoms with Crippen LogP contribution in [0.1, 0.15) is 40.0 Å². The maximum Gasteiger partial charge on any atom is 0.106 e. The highest BCUT2D eigenvalue weighted by Crippen LogP contribution is 2.21. The summed E-state index contributed by atoms with van der Waals surface area (Å²) in [5.74, 6) is 0.441. The fourth-order valence-corrected chi connectivity index (χ4v) is 3.52. The number of nitrogens with one attached hydrogen (secondary N) is 2. The van der Waals surface area contributed by atoms with Crippen LogP contribution in [0.25, 0.3) is 0 Å². The zero-order chi connectivity index (χ0) is 10.1. The lowest BCUT2D eigenvalue weighted by molar-refractivity contribution is 0.385. The molecule has 1 saturated carbocycles. The first kappa shape index (κ1) is 11.0. The van der Waals surface area contributed by atoms with Gasteiger partial charge in [-0.3, -0.25) is 0 Å². The minimum Gasteiger partial charge on any atom is -0.240 e. The molecular formula is C9H20N2OS. The summed E-state index contributed by atoms with van der Waals surface area (Å²) in [5.41, 5.74) is -0.0322. The van der Waals surface area contributed by atoms with E-state index in [4.69, 9.17) is 4.78 Å². The highest BCUT2D eigenvalue weighted by molar-refractivity contribution is 7.90. The van der Waals surface area contributed by atoms with Gasteiger partial charge >= 0.3 is 0 Å². The summed E-state index contributed by atoms with van der Waals surface area (Å²) in [6.45, 7) is 6.05. The Hall–Kier alpha value is -0.0900. The Morgan fingerprint density at radius 1 is 1.46 bits per heavy atom. The monoisotopic (exact) mass is 204 g/mol. The Bertz CT molecular complexity index is 260. The number of hydrogen-bond donors (Lipinski definition) is 2. The van der Waals surface area contributed by atoms with Gasteiger partial charge in [0.25, 0.3) is 0 Å². The summed E-state index contributed by atoms with van der Waals surface area (Å²) in [7, 11) is -2.55. The first-order valence-electron chi connectivity index (χ1n) is 4.82. The van der Waals surface area contributed by atoms with Crippen molar-refractivity contribution >= 4 is 9.92 Å². The lowest BCUT2D eigenvalue weighted by atomic mass is 9.94. The predicted octanol–water partition coefficient (Wildman–Crippen LogP) is 2.14. The van der Waals surface area contributed by atoms with Gasteiger partial charge in [0.15, 0.2) is 0 Å². The average Bonchev–Trinajstić information content (AvgIpc) is 1.73. The molecule has 0 radical (unpaired) electrons. The summed E-state index contributed by atoms with van der Waals surface area (Å²) >= 11 is 0. The molecule has 2 N–H and O–H groups in total. The largest absolute Gasteiger partial charge is 0.240 e. The van der Waals surface area contributed by atoms with Crippen LogP contribution >= 0.6 is 0 Å². The normalized spacial score (nSPS) is 23.6. The molecule has 0 aromatic carbocycles. The van der Waals surface area contributed by atoms with Gasteiger partial charge in [0.2, 0.25) is 0 Å². The van der Waals surface area contributed by atoms with Crippen molar-refractivity contribution in [2.24, 2.45) is 5.41 Å². The third kappa shape index (κ3) is 4.09. The lowest BCUT2D eigenvalue weighted by Gasteiger charge is -2.29. The van der Waals surface area contributed by atoms with E-state index in [-0.39, 0.29) is 5.41 Å². The smallest absolute Gasteiger partial charge is 0.106 e. The van der Waals surface area contributed by atoms with E-state index in [1.54, 1.807) is 0 Å². The van der Waals surface area contributed by atoms with Crippen LogP contribution in [-0.2, 0) is 9.92 Å². The summed E-state index contributed by atoms with van der Waals surface area (Å²) in [6, 6.07) is 0.340. The minimum atomic E-state index is -2.55. The zero-order valence-electron chi connectivity index (χ0n) is 8.72. The van der Waals surface area contributed by atoms with Crippen molar-refractivity contribution in [2.75, 3.05) is 5.75 Å². The van der Waals surface area contributed by atoms with E-state index in [0.29, 0.717) is 11.8 Å². The minimum absolute atomic E-state index is 0.0322. The highest BCUT2D eigenvalue weighted by Gasteiger charge is 2.24. The van der Waals surface area contributed by atoms with Crippen molar-refractivity contribution in [3.8, 4) is 0 Å². The standard InChI is InChI=1S/C9H20N2OS/c1-9(2,3)7-13(10,12)11-8-5-4-6-8/h8H,4-7H2,1-3H3,(H2,10,11,12). The molecule has 1 aliphatic rings. The molecule has 0 amide bonds. The lowest BCUT2D eigenvalue weighted by Crippen LogP contribution is -2.42. The van der Waals surface area contributed by atoms with Crippen LogP contribution in [0.4, 0.5) is 0 Å². The van der Waals surface area contributed by atoms with Crippen molar-refractivity contribution in [3.63, 3.8) is 0 Å². The maximum absolute atomic E-state index is 11.8. The van der Waals surface area contributed by atoms with Gasteiger partial charge in [-0.2, -0.15) is 0 Å². The third-order valence-corrected chi connectivity index (χ3v) is 4.09. The van der Waals surface area contributed by atoms with Crippen LogP contribution in [-0.4, -0.2) is 16.0 Å². The zero-order valence-corrected chi connectivity index (χ0v) is 9.54.